The molecule has 6 heteroatoms. The fraction of sp³-hybridized carbons (Fsp3) is 0.345. The van der Waals surface area contributed by atoms with E-state index in [-0.39, 0.29) is 29.7 Å². The first-order chi connectivity index (χ1) is 17.0. The smallest absolute Gasteiger partial charge is 0.187 e. The van der Waals surface area contributed by atoms with Gasteiger partial charge in [-0.2, -0.15) is 0 Å². The van der Waals surface area contributed by atoms with E-state index in [4.69, 9.17) is 4.74 Å². The number of unbranched alkanes of at least 4 members (excludes halogenated alkanes) is 2. The molecule has 1 atom stereocenters. The van der Waals surface area contributed by atoms with Crippen LogP contribution in [0.15, 0.2) is 66.7 Å². The van der Waals surface area contributed by atoms with Crippen LogP contribution in [0, 0.1) is 11.6 Å². The maximum absolute atomic E-state index is 13.5. The topological polar surface area (TPSA) is 49.8 Å². The molecule has 1 aliphatic heterocycles. The number of phenols is 1. The molecule has 0 aliphatic carbocycles. The lowest BCUT2D eigenvalue weighted by molar-refractivity contribution is -0.127. The number of ketones is 1. The highest BCUT2D eigenvalue weighted by Crippen LogP contribution is 2.28. The maximum atomic E-state index is 13.5. The second-order valence-electron chi connectivity index (χ2n) is 9.14. The fourth-order valence-corrected chi connectivity index (χ4v) is 4.54. The van der Waals surface area contributed by atoms with Gasteiger partial charge in [-0.25, -0.2) is 8.78 Å². The summed E-state index contributed by atoms with van der Waals surface area (Å²) in [4.78, 5) is 15.3. The van der Waals surface area contributed by atoms with Gasteiger partial charge in [-0.05, 0) is 91.7 Å². The van der Waals surface area contributed by atoms with Crippen molar-refractivity contribution < 1.29 is 23.4 Å². The van der Waals surface area contributed by atoms with Crippen LogP contribution in [-0.2, 0) is 24.2 Å². The molecule has 3 aromatic rings. The molecule has 0 fully saturated rings. The molecule has 0 saturated carbocycles. The van der Waals surface area contributed by atoms with Crippen LogP contribution in [0.25, 0.3) is 0 Å². The van der Waals surface area contributed by atoms with Crippen molar-refractivity contribution in [2.24, 2.45) is 0 Å². The van der Waals surface area contributed by atoms with E-state index in [1.807, 2.05) is 30.3 Å². The monoisotopic (exact) mass is 479 g/mol. The van der Waals surface area contributed by atoms with Gasteiger partial charge in [-0.1, -0.05) is 36.8 Å². The Hall–Kier alpha value is -3.25. The number of hydrogen-bond acceptors (Lipinski definition) is 4. The first-order valence-corrected chi connectivity index (χ1v) is 12.2. The van der Waals surface area contributed by atoms with E-state index in [2.05, 4.69) is 4.90 Å². The first-order valence-electron chi connectivity index (χ1n) is 12.2. The summed E-state index contributed by atoms with van der Waals surface area (Å²) in [5, 5.41) is 9.90. The molecule has 0 radical (unpaired) electrons. The quantitative estimate of drug-likeness (QED) is 0.351. The summed E-state index contributed by atoms with van der Waals surface area (Å²) >= 11 is 0. The molecule has 3 aromatic carbocycles. The van der Waals surface area contributed by atoms with Gasteiger partial charge in [0.05, 0.1) is 6.54 Å². The molecule has 0 unspecified atom stereocenters. The van der Waals surface area contributed by atoms with Crippen LogP contribution in [0.4, 0.5) is 8.78 Å². The summed E-state index contributed by atoms with van der Waals surface area (Å²) < 4.78 is 32.8. The highest BCUT2D eigenvalue weighted by atomic mass is 19.1. The second kappa shape index (κ2) is 11.9. The average Bonchev–Trinajstić information content (AvgIpc) is 2.86. The Kier molecular flexibility index (Phi) is 8.48. The van der Waals surface area contributed by atoms with Crippen molar-refractivity contribution >= 4 is 5.78 Å². The number of phenolic OH excluding ortho intramolecular Hbond substituents is 1. The second-order valence-corrected chi connectivity index (χ2v) is 9.14. The van der Waals surface area contributed by atoms with Crippen molar-refractivity contribution in [3.63, 3.8) is 0 Å². The largest absolute Gasteiger partial charge is 0.508 e. The van der Waals surface area contributed by atoms with Crippen molar-refractivity contribution in [1.82, 2.24) is 4.90 Å². The fourth-order valence-electron chi connectivity index (χ4n) is 4.54. The number of ether oxygens (including phenoxy) is 1. The Bertz CT molecular complexity index is 1140. The summed E-state index contributed by atoms with van der Waals surface area (Å²) in [5.74, 6) is 0.105. The molecule has 4 nitrogen and oxygen atoms in total. The highest BCUT2D eigenvalue weighted by Gasteiger charge is 2.27. The SMILES string of the molecule is O=C(CN(CCCCCc1cc(F)ccc1O)Cc1ccccc1)[C@H]1CCc2cc(F)ccc2O1. The van der Waals surface area contributed by atoms with Gasteiger partial charge in [-0.3, -0.25) is 9.69 Å². The molecule has 0 aromatic heterocycles. The van der Waals surface area contributed by atoms with Crippen LogP contribution in [0.2, 0.25) is 0 Å². The van der Waals surface area contributed by atoms with Gasteiger partial charge in [0.25, 0.3) is 0 Å². The number of rotatable bonds is 11. The van der Waals surface area contributed by atoms with Crippen LogP contribution >= 0.6 is 0 Å². The predicted octanol–water partition coefficient (Wildman–Crippen LogP) is 5.85. The van der Waals surface area contributed by atoms with Gasteiger partial charge in [0.15, 0.2) is 11.9 Å². The molecule has 0 saturated heterocycles. The Morgan fingerprint density at radius 1 is 0.971 bits per heavy atom. The minimum absolute atomic E-state index is 0.0283. The van der Waals surface area contributed by atoms with Crippen LogP contribution in [0.3, 0.4) is 0 Å². The number of carbonyl (C=O) groups excluding carboxylic acids is 1. The first kappa shape index (κ1) is 24.9. The lowest BCUT2D eigenvalue weighted by Crippen LogP contribution is -2.40. The molecule has 1 heterocycles. The van der Waals surface area contributed by atoms with Gasteiger partial charge < -0.3 is 9.84 Å². The molecule has 1 N–H and O–H groups in total. The van der Waals surface area contributed by atoms with Gasteiger partial charge in [-0.15, -0.1) is 0 Å². The van der Waals surface area contributed by atoms with Crippen molar-refractivity contribution in [2.75, 3.05) is 13.1 Å². The third-order valence-corrected chi connectivity index (χ3v) is 6.42. The predicted molar refractivity (Wildman–Crippen MR) is 131 cm³/mol. The third kappa shape index (κ3) is 7.12. The molecule has 0 amide bonds. The lowest BCUT2D eigenvalue weighted by atomic mass is 9.99. The number of halogens is 2. The standard InChI is InChI=1S/C29H31F2NO3/c30-24-11-13-26(33)22(17-24)9-5-2-6-16-32(19-21-7-3-1-4-8-21)20-27(34)29-14-10-23-18-25(31)12-15-28(23)35-29/h1,3-4,7-8,11-13,15,17-18,29,33H,2,5-6,9-10,14,16,19-20H2/t29-/m1/s1. The number of benzene rings is 3. The van der Waals surface area contributed by atoms with Crippen molar-refractivity contribution in [2.45, 2.75) is 51.2 Å². The van der Waals surface area contributed by atoms with E-state index in [0.717, 1.165) is 36.9 Å². The number of Topliss-reactive ketones (excluding diaryl/α,β-unsaturated/α-hetero) is 1. The maximum Gasteiger partial charge on any atom is 0.187 e. The van der Waals surface area contributed by atoms with Crippen molar-refractivity contribution in [3.8, 4) is 11.5 Å². The Morgan fingerprint density at radius 2 is 1.74 bits per heavy atom. The van der Waals surface area contributed by atoms with Gasteiger partial charge in [0.1, 0.15) is 23.1 Å². The normalized spacial score (nSPS) is 15.0. The Labute approximate surface area is 205 Å². The molecular formula is C29H31F2NO3. The summed E-state index contributed by atoms with van der Waals surface area (Å²) in [5.41, 5.74) is 2.56. The summed E-state index contributed by atoms with van der Waals surface area (Å²) in [7, 11) is 0. The zero-order valence-electron chi connectivity index (χ0n) is 19.8. The molecular weight excluding hydrogens is 448 g/mol. The van der Waals surface area contributed by atoms with E-state index in [1.54, 1.807) is 6.07 Å². The van der Waals surface area contributed by atoms with Gasteiger partial charge in [0.2, 0.25) is 0 Å². The average molecular weight is 480 g/mol. The molecule has 0 spiro atoms. The van der Waals surface area contributed by atoms with Crippen LogP contribution in [0.1, 0.15) is 42.4 Å². The third-order valence-electron chi connectivity index (χ3n) is 6.42. The van der Waals surface area contributed by atoms with Crippen molar-refractivity contribution in [1.29, 1.82) is 0 Å². The van der Waals surface area contributed by atoms with E-state index in [9.17, 15) is 18.7 Å². The number of nitrogens with zero attached hydrogens (tertiary/aromatic N) is 1. The van der Waals surface area contributed by atoms with Crippen molar-refractivity contribution in [3.05, 3.63) is 95.1 Å². The minimum atomic E-state index is -0.526. The Balaban J connectivity index is 1.31. The van der Waals surface area contributed by atoms with Gasteiger partial charge in [0, 0.05) is 6.54 Å². The molecule has 184 valence electrons. The number of carbonyl (C=O) groups is 1. The number of fused-ring (bicyclic) bond motifs is 1. The Morgan fingerprint density at radius 3 is 2.57 bits per heavy atom. The van der Waals surface area contributed by atoms with E-state index in [1.165, 1.54) is 30.3 Å². The van der Waals surface area contributed by atoms with Crippen LogP contribution in [-0.4, -0.2) is 35.0 Å². The zero-order chi connectivity index (χ0) is 24.6. The number of hydrogen-bond donors (Lipinski definition) is 1. The summed E-state index contributed by atoms with van der Waals surface area (Å²) in [6, 6.07) is 18.5. The number of aryl methyl sites for hydroxylation is 2. The summed E-state index contributed by atoms with van der Waals surface area (Å²) in [6.07, 6.45) is 3.85. The highest BCUT2D eigenvalue weighted by molar-refractivity contribution is 5.85. The van der Waals surface area contributed by atoms with Crippen LogP contribution in [0.5, 0.6) is 11.5 Å². The van der Waals surface area contributed by atoms with Crippen LogP contribution < -0.4 is 4.74 Å². The van der Waals surface area contributed by atoms with Gasteiger partial charge >= 0.3 is 0 Å². The summed E-state index contributed by atoms with van der Waals surface area (Å²) in [6.45, 7) is 1.68. The lowest BCUT2D eigenvalue weighted by Gasteiger charge is -2.28. The zero-order valence-corrected chi connectivity index (χ0v) is 19.8. The van der Waals surface area contributed by atoms with E-state index >= 15 is 0 Å². The number of aromatic hydroxyl groups is 1. The molecule has 1 aliphatic rings. The van der Waals surface area contributed by atoms with E-state index < -0.39 is 6.10 Å². The van der Waals surface area contributed by atoms with E-state index in [0.29, 0.717) is 37.1 Å². The molecule has 35 heavy (non-hydrogen) atoms. The minimum Gasteiger partial charge on any atom is -0.508 e. The molecule has 0 bridgehead atoms. The molecule has 4 rings (SSSR count).